The van der Waals surface area contributed by atoms with Crippen LogP contribution < -0.4 is 18.9 Å². The van der Waals surface area contributed by atoms with E-state index in [-0.39, 0.29) is 0 Å². The Labute approximate surface area is 315 Å². The van der Waals surface area contributed by atoms with Crippen LogP contribution in [0.2, 0.25) is 0 Å². The maximum Gasteiger partial charge on any atom is 0.519 e. The van der Waals surface area contributed by atoms with Crippen LogP contribution in [0.25, 0.3) is 54.2 Å². The van der Waals surface area contributed by atoms with Gasteiger partial charge in [0.25, 0.3) is 0 Å². The van der Waals surface area contributed by atoms with Crippen molar-refractivity contribution in [1.82, 2.24) is 0 Å². The average Bonchev–Trinajstić information content (AvgIpc) is 3.14. The van der Waals surface area contributed by atoms with Crippen molar-refractivity contribution >= 4 is 87.3 Å². The van der Waals surface area contributed by atoms with Crippen molar-refractivity contribution < 1.29 is 28.5 Å². The molecule has 0 aliphatic carbocycles. The van der Waals surface area contributed by atoms with E-state index in [0.717, 1.165) is 63.5 Å². The standard InChI is InChI=1S/C44H28Br2O6/c1-25-11-17-29(18-12-25)49-43(47)51-41-33-9-5-3-7-31(33)39(37-23-27(45)15-21-35(37)41)40-32-8-4-6-10-34(32)42(36-22-16-28(46)24-38(36)40)52-44(48)50-30-19-13-26(2)14-20-30/h3-24H,1-2H3. The van der Waals surface area contributed by atoms with Crippen LogP contribution in [0.4, 0.5) is 9.59 Å². The molecule has 0 bridgehead atoms. The molecule has 0 aromatic heterocycles. The third-order valence-electron chi connectivity index (χ3n) is 8.94. The second-order valence-corrected chi connectivity index (χ2v) is 14.2. The van der Waals surface area contributed by atoms with Crippen LogP contribution in [0.3, 0.4) is 0 Å². The Balaban J connectivity index is 1.36. The van der Waals surface area contributed by atoms with Gasteiger partial charge in [-0.1, -0.05) is 116 Å². The summed E-state index contributed by atoms with van der Waals surface area (Å²) < 4.78 is 25.0. The maximum atomic E-state index is 13.3. The van der Waals surface area contributed by atoms with Gasteiger partial charge in [0.2, 0.25) is 0 Å². The highest BCUT2D eigenvalue weighted by molar-refractivity contribution is 9.10. The topological polar surface area (TPSA) is 71.1 Å². The molecule has 0 saturated heterocycles. The number of carbonyl (C=O) groups excluding carboxylic acids is 2. The molecule has 0 aliphatic heterocycles. The summed E-state index contributed by atoms with van der Waals surface area (Å²) in [5, 5.41) is 6.26. The van der Waals surface area contributed by atoms with Crippen LogP contribution in [-0.4, -0.2) is 12.3 Å². The lowest BCUT2D eigenvalue weighted by molar-refractivity contribution is 0.152. The quantitative estimate of drug-likeness (QED) is 0.0979. The monoisotopic (exact) mass is 810 g/mol. The van der Waals surface area contributed by atoms with E-state index in [4.69, 9.17) is 18.9 Å². The van der Waals surface area contributed by atoms with Crippen LogP contribution in [0.5, 0.6) is 23.0 Å². The van der Waals surface area contributed by atoms with Gasteiger partial charge in [0, 0.05) is 30.5 Å². The van der Waals surface area contributed by atoms with E-state index in [9.17, 15) is 9.59 Å². The molecule has 6 nitrogen and oxygen atoms in total. The lowest BCUT2D eigenvalue weighted by atomic mass is 9.85. The predicted octanol–water partition coefficient (Wildman–Crippen LogP) is 13.3. The largest absolute Gasteiger partial charge is 0.519 e. The summed E-state index contributed by atoms with van der Waals surface area (Å²) in [6.45, 7) is 3.93. The zero-order valence-electron chi connectivity index (χ0n) is 27.9. The minimum absolute atomic E-state index is 0.382. The van der Waals surface area contributed by atoms with Crippen LogP contribution in [0.15, 0.2) is 142 Å². The molecule has 0 atom stereocenters. The summed E-state index contributed by atoms with van der Waals surface area (Å²) in [5.41, 5.74) is 3.93. The van der Waals surface area contributed by atoms with Crippen LogP contribution in [0, 0.1) is 13.8 Å². The second-order valence-electron chi connectivity index (χ2n) is 12.4. The van der Waals surface area contributed by atoms with Gasteiger partial charge in [0.15, 0.2) is 0 Å². The summed E-state index contributed by atoms with van der Waals surface area (Å²) >= 11 is 7.40. The average molecular weight is 813 g/mol. The number of carbonyl (C=O) groups is 2. The molecule has 8 aromatic rings. The van der Waals surface area contributed by atoms with Gasteiger partial charge in [-0.2, -0.15) is 0 Å². The molecule has 0 unspecified atom stereocenters. The molecule has 0 N–H and O–H groups in total. The van der Waals surface area contributed by atoms with Gasteiger partial charge < -0.3 is 18.9 Å². The Hall–Kier alpha value is -5.70. The van der Waals surface area contributed by atoms with E-state index >= 15 is 0 Å². The number of benzene rings is 8. The minimum atomic E-state index is -0.843. The first-order valence-corrected chi connectivity index (χ1v) is 18.0. The van der Waals surface area contributed by atoms with Crippen LogP contribution >= 0.6 is 31.9 Å². The Morgan fingerprint density at radius 2 is 0.750 bits per heavy atom. The Kier molecular flexibility index (Phi) is 8.87. The third-order valence-corrected chi connectivity index (χ3v) is 9.92. The molecule has 0 spiro atoms. The van der Waals surface area contributed by atoms with Crippen molar-refractivity contribution in [3.8, 4) is 34.1 Å². The maximum absolute atomic E-state index is 13.3. The number of halogens is 2. The molecule has 52 heavy (non-hydrogen) atoms. The Morgan fingerprint density at radius 3 is 1.13 bits per heavy atom. The normalized spacial score (nSPS) is 11.2. The number of hydrogen-bond donors (Lipinski definition) is 0. The molecule has 0 fully saturated rings. The molecule has 254 valence electrons. The summed E-state index contributed by atoms with van der Waals surface area (Å²) in [4.78, 5) is 26.6. The second kappa shape index (κ2) is 13.8. The van der Waals surface area contributed by atoms with Crippen molar-refractivity contribution in [2.24, 2.45) is 0 Å². The smallest absolute Gasteiger partial charge is 0.395 e. The van der Waals surface area contributed by atoms with Gasteiger partial charge in [-0.3, -0.25) is 0 Å². The first kappa shape index (κ1) is 33.4. The van der Waals surface area contributed by atoms with Crippen molar-refractivity contribution in [2.75, 3.05) is 0 Å². The van der Waals surface area contributed by atoms with E-state index in [2.05, 4.69) is 31.9 Å². The lowest BCUT2D eigenvalue weighted by Gasteiger charge is -2.21. The fourth-order valence-electron chi connectivity index (χ4n) is 6.59. The molecule has 0 radical (unpaired) electrons. The van der Waals surface area contributed by atoms with Crippen molar-refractivity contribution in [2.45, 2.75) is 13.8 Å². The van der Waals surface area contributed by atoms with E-state index in [1.54, 1.807) is 24.3 Å². The number of aryl methyl sites for hydroxylation is 2. The molecular weight excluding hydrogens is 784 g/mol. The van der Waals surface area contributed by atoms with E-state index in [1.807, 2.05) is 123 Å². The molecule has 8 heteroatoms. The van der Waals surface area contributed by atoms with Gasteiger partial charge in [0.05, 0.1) is 0 Å². The van der Waals surface area contributed by atoms with Gasteiger partial charge in [-0.15, -0.1) is 0 Å². The Bertz CT molecular complexity index is 2520. The van der Waals surface area contributed by atoms with Crippen molar-refractivity contribution in [1.29, 1.82) is 0 Å². The van der Waals surface area contributed by atoms with E-state index in [0.29, 0.717) is 33.8 Å². The van der Waals surface area contributed by atoms with E-state index in [1.165, 1.54) is 0 Å². The summed E-state index contributed by atoms with van der Waals surface area (Å²) in [6.07, 6.45) is -1.69. The van der Waals surface area contributed by atoms with Gasteiger partial charge in [-0.05, 0) is 107 Å². The first-order valence-electron chi connectivity index (χ1n) is 16.4. The lowest BCUT2D eigenvalue weighted by Crippen LogP contribution is -2.14. The predicted molar refractivity (Wildman–Crippen MR) is 213 cm³/mol. The molecule has 0 heterocycles. The van der Waals surface area contributed by atoms with Gasteiger partial charge >= 0.3 is 12.3 Å². The summed E-state index contributed by atoms with van der Waals surface area (Å²) in [5.74, 6) is 1.54. The molecule has 0 aliphatic rings. The fourth-order valence-corrected chi connectivity index (χ4v) is 7.32. The third kappa shape index (κ3) is 6.36. The van der Waals surface area contributed by atoms with Crippen LogP contribution in [-0.2, 0) is 0 Å². The zero-order valence-corrected chi connectivity index (χ0v) is 31.1. The SMILES string of the molecule is Cc1ccc(OC(=O)Oc2c3ccccc3c(-c3c4ccccc4c(OC(=O)Oc4ccc(C)cc4)c4ccc(Br)cc34)c3cc(Br)ccc23)cc1. The number of rotatable bonds is 5. The number of fused-ring (bicyclic) bond motifs is 4. The zero-order chi connectivity index (χ0) is 35.9. The van der Waals surface area contributed by atoms with E-state index < -0.39 is 12.3 Å². The minimum Gasteiger partial charge on any atom is -0.395 e. The van der Waals surface area contributed by atoms with Crippen molar-refractivity contribution in [3.05, 3.63) is 154 Å². The summed E-state index contributed by atoms with van der Waals surface area (Å²) in [7, 11) is 0. The highest BCUT2D eigenvalue weighted by Gasteiger charge is 2.25. The molecule has 8 aromatic carbocycles. The molecule has 0 saturated carbocycles. The Morgan fingerprint density at radius 1 is 0.404 bits per heavy atom. The first-order chi connectivity index (χ1) is 25.2. The highest BCUT2D eigenvalue weighted by atomic mass is 79.9. The fraction of sp³-hybridized carbons (Fsp3) is 0.0455. The molecular formula is C44H28Br2O6. The summed E-state index contributed by atoms with van der Waals surface area (Å²) in [6, 6.07) is 41.8. The number of hydrogen-bond acceptors (Lipinski definition) is 6. The molecule has 0 amide bonds. The highest BCUT2D eigenvalue weighted by Crippen LogP contribution is 2.50. The van der Waals surface area contributed by atoms with Gasteiger partial charge in [-0.25, -0.2) is 9.59 Å². The van der Waals surface area contributed by atoms with Gasteiger partial charge in [0.1, 0.15) is 23.0 Å². The number of ether oxygens (including phenoxy) is 4. The van der Waals surface area contributed by atoms with Crippen LogP contribution in [0.1, 0.15) is 11.1 Å². The molecule has 8 rings (SSSR count). The van der Waals surface area contributed by atoms with Crippen molar-refractivity contribution in [3.63, 3.8) is 0 Å².